The zero-order valence-corrected chi connectivity index (χ0v) is 11.5. The van der Waals surface area contributed by atoms with E-state index in [1.807, 2.05) is 30.5 Å². The highest BCUT2D eigenvalue weighted by molar-refractivity contribution is 5.74. The monoisotopic (exact) mass is 250 g/mol. The highest BCUT2D eigenvalue weighted by Crippen LogP contribution is 2.12. The van der Waals surface area contributed by atoms with Crippen molar-refractivity contribution in [3.8, 4) is 0 Å². The molecular weight excluding hydrogens is 228 g/mol. The fourth-order valence-electron chi connectivity index (χ4n) is 2.45. The number of amides is 2. The number of nitrogens with one attached hydrogen (secondary N) is 1. The maximum Gasteiger partial charge on any atom is 0.317 e. The molecule has 0 unspecified atom stereocenters. The van der Waals surface area contributed by atoms with E-state index in [0.29, 0.717) is 6.54 Å². The molecule has 1 N–H and O–H groups in total. The molecule has 1 fully saturated rings. The number of rotatable bonds is 2. The van der Waals surface area contributed by atoms with Crippen LogP contribution in [0.1, 0.15) is 36.2 Å². The highest BCUT2D eigenvalue weighted by Gasteiger charge is 2.17. The molecule has 0 atom stereocenters. The third-order valence-corrected chi connectivity index (χ3v) is 3.72. The molecule has 0 aromatic carbocycles. The molecule has 2 rings (SSSR count). The van der Waals surface area contributed by atoms with E-state index in [2.05, 4.69) is 10.4 Å². The predicted octanol–water partition coefficient (Wildman–Crippen LogP) is 1.73. The van der Waals surface area contributed by atoms with Gasteiger partial charge in [0.1, 0.15) is 0 Å². The standard InChI is InChI=1S/C13H22N4O/c1-10-12(11(2)16(3)15-10)9-14-13(18)17-7-5-4-6-8-17/h4-9H2,1-3H3,(H,14,18). The molecular formula is C13H22N4O. The van der Waals surface area contributed by atoms with Gasteiger partial charge < -0.3 is 10.2 Å². The number of aromatic nitrogens is 2. The lowest BCUT2D eigenvalue weighted by Gasteiger charge is -2.26. The molecule has 0 radical (unpaired) electrons. The van der Waals surface area contributed by atoms with Crippen LogP contribution in [0.3, 0.4) is 0 Å². The Hall–Kier alpha value is -1.52. The summed E-state index contributed by atoms with van der Waals surface area (Å²) in [7, 11) is 1.93. The molecule has 5 nitrogen and oxygen atoms in total. The maximum absolute atomic E-state index is 12.0. The highest BCUT2D eigenvalue weighted by atomic mass is 16.2. The van der Waals surface area contributed by atoms with Crippen LogP contribution < -0.4 is 5.32 Å². The second-order valence-electron chi connectivity index (χ2n) is 4.98. The van der Waals surface area contributed by atoms with E-state index in [0.717, 1.165) is 42.9 Å². The van der Waals surface area contributed by atoms with E-state index in [-0.39, 0.29) is 6.03 Å². The SMILES string of the molecule is Cc1nn(C)c(C)c1CNC(=O)N1CCCCC1. The number of piperidine rings is 1. The van der Waals surface area contributed by atoms with Crippen molar-refractivity contribution in [1.82, 2.24) is 20.0 Å². The first-order valence-electron chi connectivity index (χ1n) is 6.61. The molecule has 5 heteroatoms. The zero-order valence-electron chi connectivity index (χ0n) is 11.5. The van der Waals surface area contributed by atoms with Crippen molar-refractivity contribution >= 4 is 6.03 Å². The van der Waals surface area contributed by atoms with Crippen molar-refractivity contribution in [3.05, 3.63) is 17.0 Å². The lowest BCUT2D eigenvalue weighted by Crippen LogP contribution is -2.42. The lowest BCUT2D eigenvalue weighted by atomic mass is 10.1. The van der Waals surface area contributed by atoms with Gasteiger partial charge in [-0.25, -0.2) is 4.79 Å². The third kappa shape index (κ3) is 2.66. The fraction of sp³-hybridized carbons (Fsp3) is 0.692. The molecule has 1 aliphatic heterocycles. The van der Waals surface area contributed by atoms with Crippen LogP contribution in [0.15, 0.2) is 0 Å². The van der Waals surface area contributed by atoms with Gasteiger partial charge in [0.25, 0.3) is 0 Å². The van der Waals surface area contributed by atoms with Gasteiger partial charge in [0.05, 0.1) is 5.69 Å². The Morgan fingerprint density at radius 2 is 1.94 bits per heavy atom. The number of likely N-dealkylation sites (tertiary alicyclic amines) is 1. The average Bonchev–Trinajstić information content (AvgIpc) is 2.62. The number of carbonyl (C=O) groups excluding carboxylic acids is 1. The first-order chi connectivity index (χ1) is 8.59. The summed E-state index contributed by atoms with van der Waals surface area (Å²) in [4.78, 5) is 13.9. The summed E-state index contributed by atoms with van der Waals surface area (Å²) in [6, 6.07) is 0.0531. The van der Waals surface area contributed by atoms with Crippen LogP contribution >= 0.6 is 0 Å². The summed E-state index contributed by atoms with van der Waals surface area (Å²) >= 11 is 0. The van der Waals surface area contributed by atoms with Crippen molar-refractivity contribution < 1.29 is 4.79 Å². The molecule has 1 aromatic heterocycles. The van der Waals surface area contributed by atoms with Gasteiger partial charge in [-0.3, -0.25) is 4.68 Å². The van der Waals surface area contributed by atoms with Gasteiger partial charge >= 0.3 is 6.03 Å². The van der Waals surface area contributed by atoms with Crippen molar-refractivity contribution in [3.63, 3.8) is 0 Å². The number of carbonyl (C=O) groups is 1. The normalized spacial score (nSPS) is 15.8. The average molecular weight is 250 g/mol. The van der Waals surface area contributed by atoms with Gasteiger partial charge in [-0.2, -0.15) is 5.10 Å². The summed E-state index contributed by atoms with van der Waals surface area (Å²) in [6.07, 6.45) is 3.49. The van der Waals surface area contributed by atoms with Crippen molar-refractivity contribution in [2.24, 2.45) is 7.05 Å². The van der Waals surface area contributed by atoms with Crippen LogP contribution in [0, 0.1) is 13.8 Å². The minimum absolute atomic E-state index is 0.0531. The first-order valence-corrected chi connectivity index (χ1v) is 6.61. The molecule has 2 heterocycles. The van der Waals surface area contributed by atoms with Gasteiger partial charge in [0, 0.05) is 37.9 Å². The molecule has 2 amide bonds. The molecule has 1 aliphatic rings. The Kier molecular flexibility index (Phi) is 3.89. The smallest absolute Gasteiger partial charge is 0.317 e. The van der Waals surface area contributed by atoms with Gasteiger partial charge in [-0.15, -0.1) is 0 Å². The second kappa shape index (κ2) is 5.42. The van der Waals surface area contributed by atoms with E-state index < -0.39 is 0 Å². The fourth-order valence-corrected chi connectivity index (χ4v) is 2.45. The zero-order chi connectivity index (χ0) is 13.1. The summed E-state index contributed by atoms with van der Waals surface area (Å²) in [5, 5.41) is 7.35. The van der Waals surface area contributed by atoms with Crippen LogP contribution in [-0.4, -0.2) is 33.8 Å². The van der Waals surface area contributed by atoms with E-state index in [4.69, 9.17) is 0 Å². The van der Waals surface area contributed by atoms with Crippen molar-refractivity contribution in [1.29, 1.82) is 0 Å². The molecule has 1 aromatic rings. The Morgan fingerprint density at radius 1 is 1.28 bits per heavy atom. The molecule has 0 spiro atoms. The molecule has 0 saturated carbocycles. The van der Waals surface area contributed by atoms with E-state index in [1.54, 1.807) is 0 Å². The van der Waals surface area contributed by atoms with E-state index in [9.17, 15) is 4.79 Å². The van der Waals surface area contributed by atoms with Crippen molar-refractivity contribution in [2.75, 3.05) is 13.1 Å². The molecule has 1 saturated heterocycles. The van der Waals surface area contributed by atoms with Crippen LogP contribution in [0.4, 0.5) is 4.79 Å². The topological polar surface area (TPSA) is 50.2 Å². The summed E-state index contributed by atoms with van der Waals surface area (Å²) in [5.74, 6) is 0. The molecule has 100 valence electrons. The van der Waals surface area contributed by atoms with Crippen LogP contribution in [0.5, 0.6) is 0 Å². The Bertz CT molecular complexity index is 432. The second-order valence-corrected chi connectivity index (χ2v) is 4.98. The summed E-state index contributed by atoms with van der Waals surface area (Å²) in [5.41, 5.74) is 3.24. The minimum Gasteiger partial charge on any atom is -0.334 e. The maximum atomic E-state index is 12.0. The van der Waals surface area contributed by atoms with E-state index >= 15 is 0 Å². The first kappa shape index (κ1) is 12.9. The number of nitrogens with zero attached hydrogens (tertiary/aromatic N) is 3. The van der Waals surface area contributed by atoms with Gasteiger partial charge in [0.15, 0.2) is 0 Å². The number of urea groups is 1. The number of aryl methyl sites for hydroxylation is 2. The number of hydrogen-bond donors (Lipinski definition) is 1. The molecule has 0 bridgehead atoms. The lowest BCUT2D eigenvalue weighted by molar-refractivity contribution is 0.186. The predicted molar refractivity (Wildman–Crippen MR) is 70.3 cm³/mol. The molecule has 0 aliphatic carbocycles. The Labute approximate surface area is 108 Å². The summed E-state index contributed by atoms with van der Waals surface area (Å²) < 4.78 is 1.86. The van der Waals surface area contributed by atoms with Gasteiger partial charge in [0.2, 0.25) is 0 Å². The quantitative estimate of drug-likeness (QED) is 0.869. The Morgan fingerprint density at radius 3 is 2.50 bits per heavy atom. The van der Waals surface area contributed by atoms with Gasteiger partial charge in [-0.1, -0.05) is 0 Å². The largest absolute Gasteiger partial charge is 0.334 e. The minimum atomic E-state index is 0.0531. The Balaban J connectivity index is 1.92. The van der Waals surface area contributed by atoms with Crippen molar-refractivity contribution in [2.45, 2.75) is 39.7 Å². The number of hydrogen-bond acceptors (Lipinski definition) is 2. The third-order valence-electron chi connectivity index (χ3n) is 3.72. The van der Waals surface area contributed by atoms with Gasteiger partial charge in [-0.05, 0) is 33.1 Å². The molecule has 18 heavy (non-hydrogen) atoms. The van der Waals surface area contributed by atoms with Crippen LogP contribution in [0.25, 0.3) is 0 Å². The summed E-state index contributed by atoms with van der Waals surface area (Å²) in [6.45, 7) is 6.35. The van der Waals surface area contributed by atoms with Crippen LogP contribution in [0.2, 0.25) is 0 Å². The van der Waals surface area contributed by atoms with Crippen LogP contribution in [-0.2, 0) is 13.6 Å². The van der Waals surface area contributed by atoms with E-state index in [1.165, 1.54) is 6.42 Å².